The fourth-order valence-corrected chi connectivity index (χ4v) is 2.32. The van der Waals surface area contributed by atoms with Crippen molar-refractivity contribution in [3.05, 3.63) is 47.5 Å². The van der Waals surface area contributed by atoms with E-state index < -0.39 is 0 Å². The van der Waals surface area contributed by atoms with Gasteiger partial charge in [-0.05, 0) is 12.0 Å². The minimum atomic E-state index is -0.125. The van der Waals surface area contributed by atoms with Gasteiger partial charge < -0.3 is 9.64 Å². The number of carbonyl (C=O) groups is 1. The van der Waals surface area contributed by atoms with E-state index in [4.69, 9.17) is 4.74 Å². The molecule has 0 radical (unpaired) electrons. The highest BCUT2D eigenvalue weighted by atomic mass is 16.5. The molecule has 0 unspecified atom stereocenters. The maximum absolute atomic E-state index is 12.2. The average molecular weight is 286 g/mol. The summed E-state index contributed by atoms with van der Waals surface area (Å²) in [4.78, 5) is 18.2. The van der Waals surface area contributed by atoms with Crippen molar-refractivity contribution in [3.8, 4) is 0 Å². The Morgan fingerprint density at radius 3 is 2.71 bits per heavy atom. The van der Waals surface area contributed by atoms with E-state index in [0.29, 0.717) is 26.3 Å². The molecule has 0 spiro atoms. The van der Waals surface area contributed by atoms with Crippen LogP contribution in [-0.4, -0.2) is 52.3 Å². The highest BCUT2D eigenvalue weighted by Crippen LogP contribution is 2.06. The largest absolute Gasteiger partial charge is 0.378 e. The van der Waals surface area contributed by atoms with E-state index in [1.807, 2.05) is 18.2 Å². The van der Waals surface area contributed by atoms with E-state index in [2.05, 4.69) is 27.3 Å². The van der Waals surface area contributed by atoms with Crippen LogP contribution in [0.5, 0.6) is 0 Å². The SMILES string of the molecule is O=C(c1n[nH]c(CCc2ccccc2)n1)N1CCOCC1. The van der Waals surface area contributed by atoms with Gasteiger partial charge >= 0.3 is 0 Å². The predicted molar refractivity (Wildman–Crippen MR) is 77.0 cm³/mol. The summed E-state index contributed by atoms with van der Waals surface area (Å²) in [6, 6.07) is 10.2. The van der Waals surface area contributed by atoms with Gasteiger partial charge in [0.1, 0.15) is 5.82 Å². The number of ether oxygens (including phenoxy) is 1. The molecule has 0 aliphatic carbocycles. The average Bonchev–Trinajstić information content (AvgIpc) is 3.03. The number of nitrogens with zero attached hydrogens (tertiary/aromatic N) is 3. The lowest BCUT2D eigenvalue weighted by atomic mass is 10.1. The van der Waals surface area contributed by atoms with Gasteiger partial charge in [-0.1, -0.05) is 30.3 Å². The van der Waals surface area contributed by atoms with Crippen molar-refractivity contribution < 1.29 is 9.53 Å². The van der Waals surface area contributed by atoms with E-state index in [-0.39, 0.29) is 11.7 Å². The molecule has 0 bridgehead atoms. The van der Waals surface area contributed by atoms with Crippen molar-refractivity contribution in [1.82, 2.24) is 20.1 Å². The molecular weight excluding hydrogens is 268 g/mol. The van der Waals surface area contributed by atoms with Crippen LogP contribution >= 0.6 is 0 Å². The van der Waals surface area contributed by atoms with Crippen LogP contribution in [0.3, 0.4) is 0 Å². The molecule has 1 N–H and O–H groups in total. The van der Waals surface area contributed by atoms with Crippen LogP contribution < -0.4 is 0 Å². The second-order valence-corrected chi connectivity index (χ2v) is 5.00. The number of benzene rings is 1. The molecule has 3 rings (SSSR count). The fourth-order valence-electron chi connectivity index (χ4n) is 2.32. The summed E-state index contributed by atoms with van der Waals surface area (Å²) in [5.41, 5.74) is 1.25. The van der Waals surface area contributed by atoms with Crippen molar-refractivity contribution in [1.29, 1.82) is 0 Å². The van der Waals surface area contributed by atoms with Gasteiger partial charge in [-0.25, -0.2) is 4.98 Å². The number of aromatic amines is 1. The molecule has 0 atom stereocenters. The normalized spacial score (nSPS) is 15.1. The lowest BCUT2D eigenvalue weighted by Crippen LogP contribution is -2.41. The molecule has 6 nitrogen and oxygen atoms in total. The molecule has 21 heavy (non-hydrogen) atoms. The van der Waals surface area contributed by atoms with Crippen LogP contribution in [0, 0.1) is 0 Å². The van der Waals surface area contributed by atoms with Gasteiger partial charge in [0.15, 0.2) is 0 Å². The van der Waals surface area contributed by atoms with Crippen LogP contribution in [0.15, 0.2) is 30.3 Å². The predicted octanol–water partition coefficient (Wildman–Crippen LogP) is 1.06. The van der Waals surface area contributed by atoms with E-state index in [9.17, 15) is 4.79 Å². The Morgan fingerprint density at radius 1 is 1.19 bits per heavy atom. The number of aryl methyl sites for hydroxylation is 2. The number of rotatable bonds is 4. The maximum Gasteiger partial charge on any atom is 0.293 e. The summed E-state index contributed by atoms with van der Waals surface area (Å²) in [5.74, 6) is 0.871. The minimum absolute atomic E-state index is 0.125. The Hall–Kier alpha value is -2.21. The summed E-state index contributed by atoms with van der Waals surface area (Å²) in [7, 11) is 0. The van der Waals surface area contributed by atoms with Gasteiger partial charge in [-0.15, -0.1) is 5.10 Å². The minimum Gasteiger partial charge on any atom is -0.378 e. The van der Waals surface area contributed by atoms with Gasteiger partial charge in [0, 0.05) is 19.5 Å². The summed E-state index contributed by atoms with van der Waals surface area (Å²) in [6.45, 7) is 2.37. The molecule has 1 aromatic carbocycles. The second kappa shape index (κ2) is 6.49. The number of amides is 1. The van der Waals surface area contributed by atoms with Gasteiger partial charge in [-0.3, -0.25) is 9.89 Å². The number of morpholine rings is 1. The first-order chi connectivity index (χ1) is 10.3. The lowest BCUT2D eigenvalue weighted by molar-refractivity contribution is 0.0295. The number of carbonyl (C=O) groups excluding carboxylic acids is 1. The molecule has 1 aromatic heterocycles. The zero-order valence-electron chi connectivity index (χ0n) is 11.8. The second-order valence-electron chi connectivity index (χ2n) is 5.00. The van der Waals surface area contributed by atoms with E-state index in [1.54, 1.807) is 4.90 Å². The third kappa shape index (κ3) is 3.46. The molecular formula is C15H18N4O2. The topological polar surface area (TPSA) is 71.1 Å². The highest BCUT2D eigenvalue weighted by Gasteiger charge is 2.22. The third-order valence-electron chi connectivity index (χ3n) is 3.51. The lowest BCUT2D eigenvalue weighted by Gasteiger charge is -2.25. The van der Waals surface area contributed by atoms with Crippen molar-refractivity contribution in [3.63, 3.8) is 0 Å². The van der Waals surface area contributed by atoms with Crippen LogP contribution in [0.1, 0.15) is 22.0 Å². The molecule has 1 aliphatic heterocycles. The molecule has 2 aromatic rings. The zero-order valence-corrected chi connectivity index (χ0v) is 11.8. The molecule has 2 heterocycles. The smallest absolute Gasteiger partial charge is 0.293 e. The molecule has 110 valence electrons. The number of aromatic nitrogens is 3. The number of H-pyrrole nitrogens is 1. The van der Waals surface area contributed by atoms with Crippen molar-refractivity contribution in [2.24, 2.45) is 0 Å². The fraction of sp³-hybridized carbons (Fsp3) is 0.400. The van der Waals surface area contributed by atoms with Gasteiger partial charge in [0.25, 0.3) is 5.91 Å². The molecule has 1 saturated heterocycles. The van der Waals surface area contributed by atoms with Crippen molar-refractivity contribution in [2.45, 2.75) is 12.8 Å². The zero-order chi connectivity index (χ0) is 14.5. The molecule has 1 amide bonds. The van der Waals surface area contributed by atoms with E-state index in [1.165, 1.54) is 5.56 Å². The highest BCUT2D eigenvalue weighted by molar-refractivity contribution is 5.90. The van der Waals surface area contributed by atoms with Crippen LogP contribution in [-0.2, 0) is 17.6 Å². The Kier molecular flexibility index (Phi) is 4.25. The first-order valence-electron chi connectivity index (χ1n) is 7.15. The summed E-state index contributed by atoms with van der Waals surface area (Å²) >= 11 is 0. The Bertz CT molecular complexity index is 591. The van der Waals surface area contributed by atoms with E-state index in [0.717, 1.165) is 18.7 Å². The van der Waals surface area contributed by atoms with Crippen LogP contribution in [0.2, 0.25) is 0 Å². The molecule has 1 aliphatic rings. The van der Waals surface area contributed by atoms with Gasteiger partial charge in [-0.2, -0.15) is 0 Å². The number of hydrogen-bond donors (Lipinski definition) is 1. The van der Waals surface area contributed by atoms with Crippen LogP contribution in [0.25, 0.3) is 0 Å². The monoisotopic (exact) mass is 286 g/mol. The van der Waals surface area contributed by atoms with E-state index >= 15 is 0 Å². The Balaban J connectivity index is 1.59. The third-order valence-corrected chi connectivity index (χ3v) is 3.51. The van der Waals surface area contributed by atoms with Crippen LogP contribution in [0.4, 0.5) is 0 Å². The quantitative estimate of drug-likeness (QED) is 0.912. The first-order valence-corrected chi connectivity index (χ1v) is 7.15. The maximum atomic E-state index is 12.2. The number of hydrogen-bond acceptors (Lipinski definition) is 4. The van der Waals surface area contributed by atoms with Gasteiger partial charge in [0.05, 0.1) is 13.2 Å². The summed E-state index contributed by atoms with van der Waals surface area (Å²) < 4.78 is 5.24. The molecule has 6 heteroatoms. The Labute approximate surface area is 123 Å². The molecule has 0 saturated carbocycles. The Morgan fingerprint density at radius 2 is 1.95 bits per heavy atom. The summed E-state index contributed by atoms with van der Waals surface area (Å²) in [5, 5.41) is 6.89. The molecule has 1 fully saturated rings. The standard InChI is InChI=1S/C15H18N4O2/c20-15(19-8-10-21-11-9-19)14-16-13(17-18-14)7-6-12-4-2-1-3-5-12/h1-5H,6-11H2,(H,16,17,18). The van der Waals surface area contributed by atoms with Gasteiger partial charge in [0.2, 0.25) is 5.82 Å². The van der Waals surface area contributed by atoms with Crippen molar-refractivity contribution in [2.75, 3.05) is 26.3 Å². The number of nitrogens with one attached hydrogen (secondary N) is 1. The summed E-state index contributed by atoms with van der Waals surface area (Å²) in [6.07, 6.45) is 1.62. The van der Waals surface area contributed by atoms with Crippen molar-refractivity contribution >= 4 is 5.91 Å². The first kappa shape index (κ1) is 13.8.